The van der Waals surface area contributed by atoms with Gasteiger partial charge in [0, 0.05) is 11.6 Å². The minimum Gasteiger partial charge on any atom is -0.368 e. The summed E-state index contributed by atoms with van der Waals surface area (Å²) in [5.74, 6) is 3.43. The highest BCUT2D eigenvalue weighted by Crippen LogP contribution is 2.13. The lowest BCUT2D eigenvalue weighted by Crippen LogP contribution is -2.42. The number of carbonyl (C=O) groups excluding carboxylic acids is 2. The summed E-state index contributed by atoms with van der Waals surface area (Å²) >= 11 is 0. The summed E-state index contributed by atoms with van der Waals surface area (Å²) in [6.07, 6.45) is 0. The first-order valence-electron chi connectivity index (χ1n) is 6.44. The van der Waals surface area contributed by atoms with Crippen LogP contribution < -0.4 is 11.5 Å². The molecule has 0 unspecified atom stereocenters. The van der Waals surface area contributed by atoms with E-state index in [0.29, 0.717) is 0 Å². The average molecular weight is 291 g/mol. The molecule has 1 aromatic rings. The average Bonchev–Trinajstić information content (AvgIpc) is 2.42. The van der Waals surface area contributed by atoms with Crippen LogP contribution in [0, 0.1) is 17.7 Å². The van der Waals surface area contributed by atoms with Gasteiger partial charge in [0.2, 0.25) is 5.91 Å². The normalized spacial score (nSPS) is 9.95. The molecule has 0 aliphatic rings. The molecule has 5 nitrogen and oxygen atoms in total. The van der Waals surface area contributed by atoms with Crippen LogP contribution in [0.3, 0.4) is 0 Å². The summed E-state index contributed by atoms with van der Waals surface area (Å²) in [6, 6.07) is 3.74. The van der Waals surface area contributed by atoms with Crippen molar-refractivity contribution in [2.75, 3.05) is 13.1 Å². The summed E-state index contributed by atoms with van der Waals surface area (Å²) in [5, 5.41) is 0. The highest BCUT2D eigenvalue weighted by molar-refractivity contribution is 5.96. The Kier molecular flexibility index (Phi) is 5.88. The van der Waals surface area contributed by atoms with Gasteiger partial charge in [-0.05, 0) is 32.0 Å². The SMILES string of the molecule is CC(C)N(CC(N)=O)C(=O)c1ccc(C#CCN)c(F)c1. The molecule has 0 saturated carbocycles. The number of carbonyl (C=O) groups is 2. The summed E-state index contributed by atoms with van der Waals surface area (Å²) in [7, 11) is 0. The van der Waals surface area contributed by atoms with Crippen molar-refractivity contribution < 1.29 is 14.0 Å². The van der Waals surface area contributed by atoms with E-state index < -0.39 is 17.6 Å². The van der Waals surface area contributed by atoms with E-state index in [0.717, 1.165) is 6.07 Å². The second kappa shape index (κ2) is 7.41. The molecule has 112 valence electrons. The first-order chi connectivity index (χ1) is 9.86. The van der Waals surface area contributed by atoms with Crippen molar-refractivity contribution in [1.82, 2.24) is 4.90 Å². The van der Waals surface area contributed by atoms with Gasteiger partial charge in [0.05, 0.1) is 18.7 Å². The molecule has 0 atom stereocenters. The zero-order chi connectivity index (χ0) is 16.0. The molecule has 1 aromatic carbocycles. The van der Waals surface area contributed by atoms with Crippen LogP contribution in [0.15, 0.2) is 18.2 Å². The maximum absolute atomic E-state index is 13.9. The highest BCUT2D eigenvalue weighted by Gasteiger charge is 2.21. The molecular formula is C15H18FN3O2. The van der Waals surface area contributed by atoms with Crippen LogP contribution in [0.2, 0.25) is 0 Å². The molecule has 0 aromatic heterocycles. The van der Waals surface area contributed by atoms with Crippen molar-refractivity contribution in [2.24, 2.45) is 11.5 Å². The maximum Gasteiger partial charge on any atom is 0.254 e. The number of nitrogens with two attached hydrogens (primary N) is 2. The van der Waals surface area contributed by atoms with Gasteiger partial charge in [-0.2, -0.15) is 0 Å². The Morgan fingerprint density at radius 2 is 2.05 bits per heavy atom. The van der Waals surface area contributed by atoms with Gasteiger partial charge >= 0.3 is 0 Å². The Hall–Kier alpha value is -2.39. The Morgan fingerprint density at radius 1 is 1.38 bits per heavy atom. The number of amides is 2. The lowest BCUT2D eigenvalue weighted by Gasteiger charge is -2.25. The monoisotopic (exact) mass is 291 g/mol. The van der Waals surface area contributed by atoms with Gasteiger partial charge in [-0.15, -0.1) is 0 Å². The topological polar surface area (TPSA) is 89.4 Å². The summed E-state index contributed by atoms with van der Waals surface area (Å²) < 4.78 is 13.9. The van der Waals surface area contributed by atoms with Gasteiger partial charge < -0.3 is 16.4 Å². The van der Waals surface area contributed by atoms with E-state index in [1.165, 1.54) is 17.0 Å². The first kappa shape index (κ1) is 16.7. The van der Waals surface area contributed by atoms with Crippen LogP contribution in [0.1, 0.15) is 29.8 Å². The van der Waals surface area contributed by atoms with Crippen molar-refractivity contribution in [3.8, 4) is 11.8 Å². The molecule has 1 rings (SSSR count). The van der Waals surface area contributed by atoms with E-state index in [-0.39, 0.29) is 30.3 Å². The number of nitrogens with zero attached hydrogens (tertiary/aromatic N) is 1. The van der Waals surface area contributed by atoms with Crippen molar-refractivity contribution in [3.05, 3.63) is 35.1 Å². The van der Waals surface area contributed by atoms with Gasteiger partial charge in [-0.3, -0.25) is 9.59 Å². The first-order valence-corrected chi connectivity index (χ1v) is 6.44. The highest BCUT2D eigenvalue weighted by atomic mass is 19.1. The molecule has 0 bridgehead atoms. The Morgan fingerprint density at radius 3 is 2.52 bits per heavy atom. The van der Waals surface area contributed by atoms with Crippen LogP contribution in [-0.2, 0) is 4.79 Å². The number of hydrogen-bond donors (Lipinski definition) is 2. The summed E-state index contributed by atoms with van der Waals surface area (Å²) in [5.41, 5.74) is 10.7. The molecule has 0 heterocycles. The van der Waals surface area contributed by atoms with Crippen LogP contribution in [0.5, 0.6) is 0 Å². The second-order valence-electron chi connectivity index (χ2n) is 4.69. The van der Waals surface area contributed by atoms with Gasteiger partial charge in [0.15, 0.2) is 0 Å². The lowest BCUT2D eigenvalue weighted by molar-refractivity contribution is -0.119. The molecular weight excluding hydrogens is 273 g/mol. The maximum atomic E-state index is 13.9. The third-order valence-electron chi connectivity index (χ3n) is 2.75. The molecule has 0 fully saturated rings. The van der Waals surface area contributed by atoms with Crippen LogP contribution in [0.25, 0.3) is 0 Å². The largest absolute Gasteiger partial charge is 0.368 e. The van der Waals surface area contributed by atoms with Crippen molar-refractivity contribution in [2.45, 2.75) is 19.9 Å². The van der Waals surface area contributed by atoms with Crippen molar-refractivity contribution in [3.63, 3.8) is 0 Å². The molecule has 0 aliphatic heterocycles. The van der Waals surface area contributed by atoms with Gasteiger partial charge in [0.1, 0.15) is 5.82 Å². The fourth-order valence-corrected chi connectivity index (χ4v) is 1.72. The molecule has 0 radical (unpaired) electrons. The molecule has 4 N–H and O–H groups in total. The van der Waals surface area contributed by atoms with Gasteiger partial charge in [0.25, 0.3) is 5.91 Å². The van der Waals surface area contributed by atoms with E-state index in [1.807, 2.05) is 0 Å². The van der Waals surface area contributed by atoms with E-state index in [1.54, 1.807) is 13.8 Å². The molecule has 2 amide bonds. The molecule has 21 heavy (non-hydrogen) atoms. The minimum atomic E-state index is -0.622. The lowest BCUT2D eigenvalue weighted by atomic mass is 10.1. The van der Waals surface area contributed by atoms with Crippen molar-refractivity contribution in [1.29, 1.82) is 0 Å². The third kappa shape index (κ3) is 4.58. The quantitative estimate of drug-likeness (QED) is 0.790. The zero-order valence-corrected chi connectivity index (χ0v) is 12.0. The molecule has 0 saturated heterocycles. The molecule has 6 heteroatoms. The van der Waals surface area contributed by atoms with E-state index in [9.17, 15) is 14.0 Å². The number of primary amides is 1. The number of hydrogen-bond acceptors (Lipinski definition) is 3. The van der Waals surface area contributed by atoms with E-state index in [4.69, 9.17) is 11.5 Å². The summed E-state index contributed by atoms with van der Waals surface area (Å²) in [4.78, 5) is 24.6. The van der Waals surface area contributed by atoms with E-state index in [2.05, 4.69) is 11.8 Å². The Balaban J connectivity index is 3.06. The number of benzene rings is 1. The standard InChI is InChI=1S/C15H18FN3O2/c1-10(2)19(9-14(18)20)15(21)12-6-5-11(4-3-7-17)13(16)8-12/h5-6,8,10H,7,9,17H2,1-2H3,(H2,18,20). The van der Waals surface area contributed by atoms with Crippen LogP contribution in [0.4, 0.5) is 4.39 Å². The zero-order valence-electron chi connectivity index (χ0n) is 12.0. The fraction of sp³-hybridized carbons (Fsp3) is 0.333. The Labute approximate surface area is 123 Å². The Bertz CT molecular complexity index is 603. The van der Waals surface area contributed by atoms with E-state index >= 15 is 0 Å². The summed E-state index contributed by atoms with van der Waals surface area (Å²) in [6.45, 7) is 3.41. The predicted molar refractivity (Wildman–Crippen MR) is 77.7 cm³/mol. The smallest absolute Gasteiger partial charge is 0.254 e. The second-order valence-corrected chi connectivity index (χ2v) is 4.69. The number of halogens is 1. The molecule has 0 aliphatic carbocycles. The third-order valence-corrected chi connectivity index (χ3v) is 2.75. The minimum absolute atomic E-state index is 0.125. The molecule has 0 spiro atoms. The van der Waals surface area contributed by atoms with Gasteiger partial charge in [-0.1, -0.05) is 11.8 Å². The number of rotatable bonds is 4. The van der Waals surface area contributed by atoms with Crippen LogP contribution >= 0.6 is 0 Å². The van der Waals surface area contributed by atoms with Crippen molar-refractivity contribution >= 4 is 11.8 Å². The van der Waals surface area contributed by atoms with Gasteiger partial charge in [-0.25, -0.2) is 4.39 Å². The predicted octanol–water partition coefficient (Wildman–Crippen LogP) is 0.472. The van der Waals surface area contributed by atoms with Crippen LogP contribution in [-0.4, -0.2) is 35.8 Å². The fourth-order valence-electron chi connectivity index (χ4n) is 1.72.